The highest BCUT2D eigenvalue weighted by Crippen LogP contribution is 2.44. The van der Waals surface area contributed by atoms with Gasteiger partial charge in [-0.15, -0.1) is 0 Å². The Labute approximate surface area is 174 Å². The average Bonchev–Trinajstić information content (AvgIpc) is 2.72. The summed E-state index contributed by atoms with van der Waals surface area (Å²) in [5.41, 5.74) is 0.835. The highest BCUT2D eigenvalue weighted by atomic mass is 15.3. The molecule has 5 heterocycles. The molecule has 0 unspecified atom stereocenters. The molecule has 3 aliphatic heterocycles. The molecule has 2 aromatic rings. The standard InChI is InChI=1S/C24H35N5/c1-16(2)9-10-22-19-13-18(21-8-4-5-12-29(21)22)14-28(15-19)24-20-7-6-11-25-23(20)26-17(3)27-24/h6-7,11,16,18-19,21-22H,4-5,8-10,12-15H2,1-3H3/t18-,19+,21+,22+/m1/s1. The van der Waals surface area contributed by atoms with E-state index in [0.29, 0.717) is 0 Å². The number of pyridine rings is 1. The molecule has 0 aromatic carbocycles. The van der Waals surface area contributed by atoms with Crippen molar-refractivity contribution < 1.29 is 0 Å². The molecule has 3 aliphatic rings. The van der Waals surface area contributed by atoms with E-state index in [2.05, 4.69) is 39.7 Å². The SMILES string of the molecule is Cc1nc(N2C[C@H]3C[C@@H](C2)[C@H](CCC(C)C)N2CCCC[C@@H]32)c2cccnc2n1. The van der Waals surface area contributed by atoms with Crippen LogP contribution in [0.25, 0.3) is 11.0 Å². The minimum Gasteiger partial charge on any atom is -0.355 e. The summed E-state index contributed by atoms with van der Waals surface area (Å²) in [4.78, 5) is 19.5. The van der Waals surface area contributed by atoms with Crippen molar-refractivity contribution in [2.24, 2.45) is 17.8 Å². The van der Waals surface area contributed by atoms with Crippen LogP contribution in [0.3, 0.4) is 0 Å². The minimum atomic E-state index is 0.745. The van der Waals surface area contributed by atoms with Crippen LogP contribution in [-0.4, -0.2) is 51.6 Å². The third-order valence-electron chi connectivity index (χ3n) is 7.52. The molecule has 0 radical (unpaired) electrons. The molecular weight excluding hydrogens is 358 g/mol. The van der Waals surface area contributed by atoms with Gasteiger partial charge < -0.3 is 4.90 Å². The maximum absolute atomic E-state index is 4.92. The Bertz CT molecular complexity index is 865. The second kappa shape index (κ2) is 7.82. The Hall–Kier alpha value is -1.75. The lowest BCUT2D eigenvalue weighted by Crippen LogP contribution is -2.63. The number of piperidine rings is 3. The van der Waals surface area contributed by atoms with Crippen molar-refractivity contribution in [1.29, 1.82) is 0 Å². The Morgan fingerprint density at radius 3 is 2.86 bits per heavy atom. The van der Waals surface area contributed by atoms with Crippen molar-refractivity contribution in [2.45, 2.75) is 71.4 Å². The zero-order valence-electron chi connectivity index (χ0n) is 18.2. The van der Waals surface area contributed by atoms with E-state index < -0.39 is 0 Å². The first-order valence-corrected chi connectivity index (χ1v) is 11.7. The van der Waals surface area contributed by atoms with Crippen LogP contribution in [0.2, 0.25) is 0 Å². The normalized spacial score (nSPS) is 30.0. The zero-order valence-corrected chi connectivity index (χ0v) is 18.2. The molecule has 156 valence electrons. The lowest BCUT2D eigenvalue weighted by atomic mass is 9.71. The van der Waals surface area contributed by atoms with Gasteiger partial charge in [-0.05, 0) is 75.5 Å². The van der Waals surface area contributed by atoms with Crippen LogP contribution in [0.15, 0.2) is 18.3 Å². The highest BCUT2D eigenvalue weighted by molar-refractivity contribution is 5.86. The molecule has 2 aromatic heterocycles. The van der Waals surface area contributed by atoms with Crippen molar-refractivity contribution in [3.05, 3.63) is 24.2 Å². The summed E-state index contributed by atoms with van der Waals surface area (Å²) in [5.74, 6) is 4.25. The number of aryl methyl sites for hydroxylation is 1. The molecule has 0 saturated carbocycles. The number of fused-ring (bicyclic) bond motifs is 5. The largest absolute Gasteiger partial charge is 0.355 e. The fourth-order valence-electron chi connectivity index (χ4n) is 6.28. The Balaban J connectivity index is 1.48. The van der Waals surface area contributed by atoms with E-state index in [9.17, 15) is 0 Å². The van der Waals surface area contributed by atoms with Gasteiger partial charge in [0, 0.05) is 31.4 Å². The summed E-state index contributed by atoms with van der Waals surface area (Å²) >= 11 is 0. The quantitative estimate of drug-likeness (QED) is 0.768. The maximum Gasteiger partial charge on any atom is 0.164 e. The van der Waals surface area contributed by atoms with Gasteiger partial charge in [-0.25, -0.2) is 15.0 Å². The Kier molecular flexibility index (Phi) is 5.19. The maximum atomic E-state index is 4.92. The molecule has 2 bridgehead atoms. The highest BCUT2D eigenvalue weighted by Gasteiger charge is 2.47. The van der Waals surface area contributed by atoms with Gasteiger partial charge in [-0.3, -0.25) is 4.90 Å². The van der Waals surface area contributed by atoms with Crippen molar-refractivity contribution in [1.82, 2.24) is 19.9 Å². The topological polar surface area (TPSA) is 45.2 Å². The summed E-state index contributed by atoms with van der Waals surface area (Å²) in [7, 11) is 0. The second-order valence-electron chi connectivity index (χ2n) is 9.97. The molecular formula is C24H35N5. The van der Waals surface area contributed by atoms with Crippen LogP contribution < -0.4 is 4.90 Å². The molecule has 3 fully saturated rings. The fraction of sp³-hybridized carbons (Fsp3) is 0.708. The van der Waals surface area contributed by atoms with Gasteiger partial charge in [-0.2, -0.15) is 0 Å². The van der Waals surface area contributed by atoms with Gasteiger partial charge >= 0.3 is 0 Å². The van der Waals surface area contributed by atoms with Gasteiger partial charge in [0.2, 0.25) is 0 Å². The number of hydrogen-bond acceptors (Lipinski definition) is 5. The van der Waals surface area contributed by atoms with E-state index in [1.807, 2.05) is 19.2 Å². The number of rotatable bonds is 4. The second-order valence-corrected chi connectivity index (χ2v) is 9.97. The first kappa shape index (κ1) is 19.2. The van der Waals surface area contributed by atoms with Gasteiger partial charge in [0.1, 0.15) is 11.6 Å². The molecule has 3 saturated heterocycles. The molecule has 5 heteroatoms. The van der Waals surface area contributed by atoms with Crippen LogP contribution in [0.4, 0.5) is 5.82 Å². The van der Waals surface area contributed by atoms with E-state index >= 15 is 0 Å². The average molecular weight is 394 g/mol. The lowest BCUT2D eigenvalue weighted by molar-refractivity contribution is -0.0368. The zero-order chi connectivity index (χ0) is 20.0. The van der Waals surface area contributed by atoms with Gasteiger partial charge in [-0.1, -0.05) is 20.3 Å². The number of aromatic nitrogens is 3. The molecule has 5 nitrogen and oxygen atoms in total. The summed E-state index contributed by atoms with van der Waals surface area (Å²) in [5, 5.41) is 1.11. The summed E-state index contributed by atoms with van der Waals surface area (Å²) in [6, 6.07) is 5.68. The summed E-state index contributed by atoms with van der Waals surface area (Å²) < 4.78 is 0. The molecule has 0 amide bonds. The Morgan fingerprint density at radius 2 is 2.00 bits per heavy atom. The van der Waals surface area contributed by atoms with Crippen LogP contribution in [0, 0.1) is 24.7 Å². The van der Waals surface area contributed by atoms with E-state index in [0.717, 1.165) is 65.6 Å². The van der Waals surface area contributed by atoms with Crippen LogP contribution in [0.1, 0.15) is 58.2 Å². The van der Waals surface area contributed by atoms with Crippen molar-refractivity contribution >= 4 is 16.9 Å². The van der Waals surface area contributed by atoms with Gasteiger partial charge in [0.05, 0.1) is 5.39 Å². The van der Waals surface area contributed by atoms with Crippen LogP contribution in [0.5, 0.6) is 0 Å². The minimum absolute atomic E-state index is 0.745. The number of nitrogens with zero attached hydrogens (tertiary/aromatic N) is 5. The van der Waals surface area contributed by atoms with Gasteiger partial charge in [0.25, 0.3) is 0 Å². The molecule has 0 spiro atoms. The van der Waals surface area contributed by atoms with E-state index in [4.69, 9.17) is 4.98 Å². The van der Waals surface area contributed by atoms with Crippen LogP contribution >= 0.6 is 0 Å². The number of hydrogen-bond donors (Lipinski definition) is 0. The van der Waals surface area contributed by atoms with Crippen molar-refractivity contribution in [2.75, 3.05) is 24.5 Å². The fourth-order valence-corrected chi connectivity index (χ4v) is 6.28. The first-order valence-electron chi connectivity index (χ1n) is 11.7. The summed E-state index contributed by atoms with van der Waals surface area (Å²) in [6.45, 7) is 10.3. The third kappa shape index (κ3) is 3.63. The molecule has 5 rings (SSSR count). The van der Waals surface area contributed by atoms with E-state index in [1.165, 1.54) is 45.1 Å². The lowest BCUT2D eigenvalue weighted by Gasteiger charge is -2.57. The van der Waals surface area contributed by atoms with E-state index in [1.54, 1.807) is 0 Å². The Morgan fingerprint density at radius 1 is 1.14 bits per heavy atom. The molecule has 0 N–H and O–H groups in total. The smallest absolute Gasteiger partial charge is 0.164 e. The predicted molar refractivity (Wildman–Crippen MR) is 118 cm³/mol. The molecule has 4 atom stereocenters. The summed E-state index contributed by atoms with van der Waals surface area (Å²) in [6.07, 6.45) is 10.1. The predicted octanol–water partition coefficient (Wildman–Crippen LogP) is 4.45. The first-order chi connectivity index (χ1) is 14.1. The van der Waals surface area contributed by atoms with Crippen molar-refractivity contribution in [3.63, 3.8) is 0 Å². The van der Waals surface area contributed by atoms with Gasteiger partial charge in [0.15, 0.2) is 5.65 Å². The van der Waals surface area contributed by atoms with Crippen LogP contribution in [-0.2, 0) is 0 Å². The monoisotopic (exact) mass is 393 g/mol. The van der Waals surface area contributed by atoms with E-state index in [-0.39, 0.29) is 0 Å². The molecule has 0 aliphatic carbocycles. The van der Waals surface area contributed by atoms with Crippen molar-refractivity contribution in [3.8, 4) is 0 Å². The third-order valence-corrected chi connectivity index (χ3v) is 7.52. The number of anilines is 1. The molecule has 29 heavy (non-hydrogen) atoms.